The van der Waals surface area contributed by atoms with Crippen molar-refractivity contribution in [2.45, 2.75) is 117 Å². The molecule has 0 bridgehead atoms. The largest absolute Gasteiger partial charge is 0.393 e. The zero-order chi connectivity index (χ0) is 23.4. The minimum atomic E-state index is -0.359. The number of hydrogen-bond acceptors (Lipinski definition) is 4. The van der Waals surface area contributed by atoms with Gasteiger partial charge in [0.15, 0.2) is 0 Å². The van der Waals surface area contributed by atoms with Crippen molar-refractivity contribution in [3.8, 4) is 0 Å². The van der Waals surface area contributed by atoms with Gasteiger partial charge in [-0.15, -0.1) is 0 Å². The van der Waals surface area contributed by atoms with Crippen molar-refractivity contribution >= 4 is 5.91 Å². The van der Waals surface area contributed by atoms with Crippen molar-refractivity contribution in [3.05, 3.63) is 0 Å². The molecule has 4 rings (SSSR count). The van der Waals surface area contributed by atoms with E-state index < -0.39 is 0 Å². The van der Waals surface area contributed by atoms with Crippen LogP contribution in [0.4, 0.5) is 0 Å². The Hall–Kier alpha value is -0.650. The average molecular weight is 450 g/mol. The van der Waals surface area contributed by atoms with Crippen molar-refractivity contribution in [2.24, 2.45) is 46.3 Å². The van der Waals surface area contributed by atoms with E-state index in [0.29, 0.717) is 36.0 Å². The summed E-state index contributed by atoms with van der Waals surface area (Å²) in [6.07, 6.45) is 6.86. The van der Waals surface area contributed by atoms with Crippen molar-refractivity contribution in [3.63, 3.8) is 0 Å². The fourth-order valence-corrected chi connectivity index (χ4v) is 9.09. The first-order valence-electron chi connectivity index (χ1n) is 13.3. The highest BCUT2D eigenvalue weighted by atomic mass is 16.3. The van der Waals surface area contributed by atoms with Crippen LogP contribution in [0.2, 0.25) is 0 Å². The number of carbonyl (C=O) groups excluding carboxylic acids is 1. The summed E-state index contributed by atoms with van der Waals surface area (Å²) >= 11 is 0. The fourth-order valence-electron chi connectivity index (χ4n) is 9.09. The molecule has 5 heteroatoms. The molecule has 1 amide bonds. The van der Waals surface area contributed by atoms with Crippen molar-refractivity contribution < 1.29 is 20.1 Å². The van der Waals surface area contributed by atoms with Gasteiger partial charge in [0.25, 0.3) is 0 Å². The van der Waals surface area contributed by atoms with E-state index >= 15 is 0 Å². The Bertz CT molecular complexity index is 697. The summed E-state index contributed by atoms with van der Waals surface area (Å²) in [7, 11) is 0. The Balaban J connectivity index is 1.52. The van der Waals surface area contributed by atoms with E-state index in [2.05, 4.69) is 26.1 Å². The molecule has 4 fully saturated rings. The summed E-state index contributed by atoms with van der Waals surface area (Å²) < 4.78 is 0. The lowest BCUT2D eigenvalue weighted by molar-refractivity contribution is -0.207. The molecule has 0 aromatic carbocycles. The molecule has 4 N–H and O–H groups in total. The van der Waals surface area contributed by atoms with Gasteiger partial charge in [0.2, 0.25) is 5.91 Å². The highest BCUT2D eigenvalue weighted by molar-refractivity contribution is 5.76. The van der Waals surface area contributed by atoms with Gasteiger partial charge in [0, 0.05) is 12.5 Å². The molecule has 5 nitrogen and oxygen atoms in total. The summed E-state index contributed by atoms with van der Waals surface area (Å²) in [4.78, 5) is 12.2. The number of amides is 1. The molecular formula is C27H47NO4. The van der Waals surface area contributed by atoms with E-state index in [9.17, 15) is 20.1 Å². The van der Waals surface area contributed by atoms with E-state index in [-0.39, 0.29) is 47.0 Å². The first kappa shape index (κ1) is 24.5. The molecule has 4 aliphatic carbocycles. The average Bonchev–Trinajstić information content (AvgIpc) is 3.06. The van der Waals surface area contributed by atoms with Crippen LogP contribution in [0.25, 0.3) is 0 Å². The van der Waals surface area contributed by atoms with Gasteiger partial charge >= 0.3 is 0 Å². The first-order chi connectivity index (χ1) is 15.0. The number of aliphatic hydroxyl groups excluding tert-OH is 3. The van der Waals surface area contributed by atoms with Crippen LogP contribution in [0.3, 0.4) is 0 Å². The smallest absolute Gasteiger partial charge is 0.220 e. The van der Waals surface area contributed by atoms with Gasteiger partial charge in [-0.25, -0.2) is 0 Å². The van der Waals surface area contributed by atoms with E-state index in [1.165, 1.54) is 0 Å². The van der Waals surface area contributed by atoms with Crippen LogP contribution in [0.1, 0.15) is 92.4 Å². The zero-order valence-electron chi connectivity index (χ0n) is 20.9. The summed E-state index contributed by atoms with van der Waals surface area (Å²) in [6, 6.07) is 0.169. The molecular weight excluding hydrogens is 402 g/mol. The maximum atomic E-state index is 12.2. The Morgan fingerprint density at radius 1 is 1.00 bits per heavy atom. The van der Waals surface area contributed by atoms with Crippen LogP contribution in [-0.4, -0.2) is 45.6 Å². The van der Waals surface area contributed by atoms with Crippen molar-refractivity contribution in [2.75, 3.05) is 0 Å². The van der Waals surface area contributed by atoms with Crippen LogP contribution in [-0.2, 0) is 4.79 Å². The summed E-state index contributed by atoms with van der Waals surface area (Å²) in [5, 5.41) is 36.2. The third kappa shape index (κ3) is 3.94. The van der Waals surface area contributed by atoms with Gasteiger partial charge in [-0.1, -0.05) is 20.8 Å². The van der Waals surface area contributed by atoms with Gasteiger partial charge in [-0.3, -0.25) is 4.79 Å². The lowest BCUT2D eigenvalue weighted by Gasteiger charge is -2.63. The third-order valence-corrected chi connectivity index (χ3v) is 10.8. The molecule has 0 aromatic rings. The van der Waals surface area contributed by atoms with Gasteiger partial charge in [-0.2, -0.15) is 0 Å². The molecule has 5 unspecified atom stereocenters. The first-order valence-corrected chi connectivity index (χ1v) is 13.3. The molecule has 0 heterocycles. The molecule has 0 aliphatic heterocycles. The molecule has 4 saturated carbocycles. The predicted molar refractivity (Wildman–Crippen MR) is 126 cm³/mol. The van der Waals surface area contributed by atoms with E-state index in [4.69, 9.17) is 0 Å². The van der Waals surface area contributed by atoms with Gasteiger partial charge in [0.1, 0.15) is 0 Å². The fraction of sp³-hybridized carbons (Fsp3) is 0.963. The molecule has 184 valence electrons. The Kier molecular flexibility index (Phi) is 6.77. The normalized spacial score (nSPS) is 49.2. The second kappa shape index (κ2) is 8.85. The highest BCUT2D eigenvalue weighted by Gasteiger charge is 2.65. The van der Waals surface area contributed by atoms with E-state index in [1.54, 1.807) is 0 Å². The second-order valence-corrected chi connectivity index (χ2v) is 12.8. The standard InChI is InChI=1S/C27H47NO4/c1-15(2)28-24(32)9-6-16(3)19-7-8-20-25-21(14-23(31)27(19,20)5)26(4)11-10-18(29)12-17(26)13-22(25)30/h15-23,25,29-31H,6-14H2,1-5H3,(H,28,32)/t16-,17?,18?,19-,20?,21?,22-,23+,25?,26+,27-/m1/s1. The maximum Gasteiger partial charge on any atom is 0.220 e. The van der Waals surface area contributed by atoms with Gasteiger partial charge in [-0.05, 0) is 112 Å². The second-order valence-electron chi connectivity index (χ2n) is 12.8. The number of hydrogen-bond donors (Lipinski definition) is 4. The molecule has 32 heavy (non-hydrogen) atoms. The monoisotopic (exact) mass is 449 g/mol. The van der Waals surface area contributed by atoms with Crippen LogP contribution in [0, 0.1) is 46.3 Å². The number of aliphatic hydroxyl groups is 3. The SMILES string of the molecule is CC(C)NC(=O)CC[C@@H](C)[C@H]1CCC2C3C(C[C@H](O)[C@@]21C)[C@@]1(C)CCC(O)CC1C[C@H]3O. The molecule has 0 spiro atoms. The Morgan fingerprint density at radius 2 is 1.72 bits per heavy atom. The van der Waals surface area contributed by atoms with Crippen LogP contribution < -0.4 is 5.32 Å². The summed E-state index contributed by atoms with van der Waals surface area (Å²) in [5.74, 6) is 2.17. The third-order valence-electron chi connectivity index (χ3n) is 10.8. The number of carbonyl (C=O) groups is 1. The van der Waals surface area contributed by atoms with Crippen LogP contribution in [0.5, 0.6) is 0 Å². The Morgan fingerprint density at radius 3 is 2.41 bits per heavy atom. The molecule has 0 aromatic heterocycles. The van der Waals surface area contributed by atoms with Crippen molar-refractivity contribution in [1.82, 2.24) is 5.32 Å². The lowest BCUT2D eigenvalue weighted by Crippen LogP contribution is -2.62. The van der Waals surface area contributed by atoms with Crippen molar-refractivity contribution in [1.29, 1.82) is 0 Å². The van der Waals surface area contributed by atoms with Crippen LogP contribution >= 0.6 is 0 Å². The van der Waals surface area contributed by atoms with E-state index in [0.717, 1.165) is 51.4 Å². The molecule has 0 saturated heterocycles. The lowest BCUT2D eigenvalue weighted by atomic mass is 9.43. The Labute approximate surface area is 194 Å². The minimum Gasteiger partial charge on any atom is -0.393 e. The van der Waals surface area contributed by atoms with Gasteiger partial charge in [0.05, 0.1) is 18.3 Å². The zero-order valence-corrected chi connectivity index (χ0v) is 20.9. The van der Waals surface area contributed by atoms with E-state index in [1.807, 2.05) is 13.8 Å². The molecule has 4 aliphatic rings. The molecule has 11 atom stereocenters. The maximum absolute atomic E-state index is 12.2. The quantitative estimate of drug-likeness (QED) is 0.513. The summed E-state index contributed by atoms with van der Waals surface area (Å²) in [5.41, 5.74) is -0.0719. The summed E-state index contributed by atoms with van der Waals surface area (Å²) in [6.45, 7) is 10.9. The topological polar surface area (TPSA) is 89.8 Å². The minimum absolute atomic E-state index is 0.115. The van der Waals surface area contributed by atoms with Crippen LogP contribution in [0.15, 0.2) is 0 Å². The number of nitrogens with one attached hydrogen (secondary N) is 1. The number of rotatable bonds is 5. The number of fused-ring (bicyclic) bond motifs is 5. The van der Waals surface area contributed by atoms with Gasteiger partial charge < -0.3 is 20.6 Å². The molecule has 0 radical (unpaired) electrons. The predicted octanol–water partition coefficient (Wildman–Crippen LogP) is 3.89. The highest BCUT2D eigenvalue weighted by Crippen LogP contribution is 2.68.